The largest absolute Gasteiger partial charge is 0.480 e. The summed E-state index contributed by atoms with van der Waals surface area (Å²) in [6, 6.07) is 5.20. The Morgan fingerprint density at radius 1 is 1.63 bits per heavy atom. The Balaban J connectivity index is 0.00000180. The molecule has 1 atom stereocenters. The van der Waals surface area contributed by atoms with Crippen molar-refractivity contribution in [3.8, 4) is 10.6 Å². The van der Waals surface area contributed by atoms with Gasteiger partial charge in [-0.3, -0.25) is 9.69 Å². The van der Waals surface area contributed by atoms with Crippen molar-refractivity contribution in [2.75, 3.05) is 7.05 Å². The average Bonchev–Trinajstić information content (AvgIpc) is 2.96. The molecule has 2 aromatic rings. The van der Waals surface area contributed by atoms with E-state index in [0.29, 0.717) is 6.54 Å². The van der Waals surface area contributed by atoms with Gasteiger partial charge in [-0.15, -0.1) is 23.7 Å². The molecule has 2 aromatic heterocycles. The molecule has 0 spiro atoms. The smallest absolute Gasteiger partial charge is 0.320 e. The highest BCUT2D eigenvalue weighted by molar-refractivity contribution is 7.13. The number of halogens is 1. The minimum absolute atomic E-state index is 0. The third-order valence-corrected chi connectivity index (χ3v) is 3.64. The van der Waals surface area contributed by atoms with Gasteiger partial charge in [0.15, 0.2) is 5.76 Å². The van der Waals surface area contributed by atoms with Gasteiger partial charge in [0.1, 0.15) is 6.04 Å². The van der Waals surface area contributed by atoms with E-state index in [1.165, 1.54) is 0 Å². The fraction of sp³-hybridized carbons (Fsp3) is 0.333. The van der Waals surface area contributed by atoms with Gasteiger partial charge in [0.25, 0.3) is 0 Å². The van der Waals surface area contributed by atoms with Crippen molar-refractivity contribution in [2.24, 2.45) is 0 Å². The zero-order valence-corrected chi connectivity index (χ0v) is 12.2. The number of nitrogens with zero attached hydrogens (tertiary/aromatic N) is 2. The molecule has 104 valence electrons. The maximum absolute atomic E-state index is 10.8. The number of thiophene rings is 1. The van der Waals surface area contributed by atoms with Crippen molar-refractivity contribution in [1.29, 1.82) is 0 Å². The molecule has 1 N–H and O–H groups in total. The topological polar surface area (TPSA) is 66.6 Å². The monoisotopic (exact) mass is 302 g/mol. The second-order valence-electron chi connectivity index (χ2n) is 4.09. The van der Waals surface area contributed by atoms with E-state index in [1.807, 2.05) is 23.6 Å². The molecule has 1 unspecified atom stereocenters. The number of hydrogen-bond donors (Lipinski definition) is 1. The highest BCUT2D eigenvalue weighted by atomic mass is 35.5. The summed E-state index contributed by atoms with van der Waals surface area (Å²) in [6.07, 6.45) is 0. The summed E-state index contributed by atoms with van der Waals surface area (Å²) < 4.78 is 5.24. The first kappa shape index (κ1) is 15.7. The second kappa shape index (κ2) is 6.70. The predicted octanol–water partition coefficient (Wildman–Crippen LogP) is 2.73. The molecule has 0 radical (unpaired) electrons. The quantitative estimate of drug-likeness (QED) is 0.920. The lowest BCUT2D eigenvalue weighted by atomic mass is 10.2. The molecule has 2 heterocycles. The van der Waals surface area contributed by atoms with Crippen LogP contribution in [-0.4, -0.2) is 34.2 Å². The predicted molar refractivity (Wildman–Crippen MR) is 75.6 cm³/mol. The van der Waals surface area contributed by atoms with E-state index < -0.39 is 12.0 Å². The van der Waals surface area contributed by atoms with Crippen molar-refractivity contribution >= 4 is 29.7 Å². The molecular formula is C12H15ClN2O3S. The van der Waals surface area contributed by atoms with Crippen molar-refractivity contribution < 1.29 is 14.4 Å². The standard InChI is InChI=1S/C12H14N2O3S.ClH/c1-8(12(15)16)14(2)7-9-6-10(17-13-9)11-4-3-5-18-11;/h3-6,8H,7H2,1-2H3,(H,15,16);1H. The normalized spacial score (nSPS) is 12.2. The maximum atomic E-state index is 10.8. The van der Waals surface area contributed by atoms with Crippen LogP contribution in [0.5, 0.6) is 0 Å². The lowest BCUT2D eigenvalue weighted by Gasteiger charge is -2.19. The Bertz CT molecular complexity index is 527. The maximum Gasteiger partial charge on any atom is 0.320 e. The number of rotatable bonds is 5. The molecule has 0 saturated heterocycles. The first-order valence-corrected chi connectivity index (χ1v) is 6.38. The van der Waals surface area contributed by atoms with Crippen LogP contribution in [0.4, 0.5) is 0 Å². The summed E-state index contributed by atoms with van der Waals surface area (Å²) in [5, 5.41) is 14.8. The lowest BCUT2D eigenvalue weighted by molar-refractivity contribution is -0.142. The van der Waals surface area contributed by atoms with Crippen LogP contribution in [-0.2, 0) is 11.3 Å². The molecule has 2 rings (SSSR count). The van der Waals surface area contributed by atoms with Gasteiger partial charge in [-0.2, -0.15) is 0 Å². The van der Waals surface area contributed by atoms with E-state index in [1.54, 1.807) is 30.2 Å². The molecule has 0 aliphatic rings. The molecular weight excluding hydrogens is 288 g/mol. The van der Waals surface area contributed by atoms with Crippen LogP contribution in [0.1, 0.15) is 12.6 Å². The molecule has 5 nitrogen and oxygen atoms in total. The Labute approximate surface area is 121 Å². The van der Waals surface area contributed by atoms with Crippen molar-refractivity contribution in [1.82, 2.24) is 10.1 Å². The van der Waals surface area contributed by atoms with Crippen molar-refractivity contribution in [3.05, 3.63) is 29.3 Å². The van der Waals surface area contributed by atoms with Gasteiger partial charge in [-0.25, -0.2) is 0 Å². The van der Waals surface area contributed by atoms with Crippen LogP contribution in [0.3, 0.4) is 0 Å². The Hall–Kier alpha value is -1.37. The highest BCUT2D eigenvalue weighted by Gasteiger charge is 2.18. The van der Waals surface area contributed by atoms with E-state index in [0.717, 1.165) is 16.3 Å². The Morgan fingerprint density at radius 2 is 2.37 bits per heavy atom. The van der Waals surface area contributed by atoms with Crippen molar-refractivity contribution in [3.63, 3.8) is 0 Å². The van der Waals surface area contributed by atoms with Gasteiger partial charge < -0.3 is 9.63 Å². The summed E-state index contributed by atoms with van der Waals surface area (Å²) in [4.78, 5) is 13.6. The van der Waals surface area contributed by atoms with E-state index in [-0.39, 0.29) is 12.4 Å². The van der Waals surface area contributed by atoms with E-state index in [2.05, 4.69) is 5.16 Å². The van der Waals surface area contributed by atoms with Crippen LogP contribution in [0, 0.1) is 0 Å². The molecule has 0 fully saturated rings. The van der Waals surface area contributed by atoms with Crippen LogP contribution in [0.15, 0.2) is 28.1 Å². The number of likely N-dealkylation sites (N-methyl/N-ethyl adjacent to an activating group) is 1. The van der Waals surface area contributed by atoms with Crippen LogP contribution in [0.25, 0.3) is 10.6 Å². The lowest BCUT2D eigenvalue weighted by Crippen LogP contribution is -2.35. The van der Waals surface area contributed by atoms with Crippen LogP contribution >= 0.6 is 23.7 Å². The third-order valence-electron chi connectivity index (χ3n) is 2.75. The zero-order valence-electron chi connectivity index (χ0n) is 10.6. The molecule has 0 aromatic carbocycles. The zero-order chi connectivity index (χ0) is 13.1. The van der Waals surface area contributed by atoms with Gasteiger partial charge in [0, 0.05) is 12.6 Å². The van der Waals surface area contributed by atoms with Gasteiger partial charge in [-0.05, 0) is 25.4 Å². The molecule has 0 aliphatic carbocycles. The fourth-order valence-electron chi connectivity index (χ4n) is 1.50. The molecule has 0 aliphatic heterocycles. The van der Waals surface area contributed by atoms with Gasteiger partial charge in [-0.1, -0.05) is 11.2 Å². The number of aromatic nitrogens is 1. The molecule has 0 amide bonds. The van der Waals surface area contributed by atoms with E-state index in [4.69, 9.17) is 9.63 Å². The summed E-state index contributed by atoms with van der Waals surface area (Å²) >= 11 is 1.58. The van der Waals surface area contributed by atoms with Crippen molar-refractivity contribution in [2.45, 2.75) is 19.5 Å². The molecule has 0 saturated carbocycles. The highest BCUT2D eigenvalue weighted by Crippen LogP contribution is 2.25. The summed E-state index contributed by atoms with van der Waals surface area (Å²) in [7, 11) is 1.75. The van der Waals surface area contributed by atoms with E-state index >= 15 is 0 Å². The fourth-order valence-corrected chi connectivity index (χ4v) is 2.18. The first-order chi connectivity index (χ1) is 8.58. The summed E-state index contributed by atoms with van der Waals surface area (Å²) in [6.45, 7) is 2.09. The van der Waals surface area contributed by atoms with Gasteiger partial charge in [0.2, 0.25) is 0 Å². The first-order valence-electron chi connectivity index (χ1n) is 5.50. The minimum atomic E-state index is -0.848. The average molecular weight is 303 g/mol. The molecule has 19 heavy (non-hydrogen) atoms. The number of hydrogen-bond acceptors (Lipinski definition) is 5. The van der Waals surface area contributed by atoms with Gasteiger partial charge in [0.05, 0.1) is 10.6 Å². The SMILES string of the molecule is CC(C(=O)O)N(C)Cc1cc(-c2cccs2)on1.Cl. The van der Waals surface area contributed by atoms with Gasteiger partial charge >= 0.3 is 5.97 Å². The third kappa shape index (κ3) is 3.79. The van der Waals surface area contributed by atoms with Crippen LogP contribution in [0.2, 0.25) is 0 Å². The van der Waals surface area contributed by atoms with E-state index in [9.17, 15) is 4.79 Å². The van der Waals surface area contributed by atoms with Crippen LogP contribution < -0.4 is 0 Å². The number of carboxylic acids is 1. The Morgan fingerprint density at radius 3 is 2.95 bits per heavy atom. The Kier molecular flexibility index (Phi) is 5.53. The number of carboxylic acid groups (broad SMARTS) is 1. The molecule has 7 heteroatoms. The summed E-state index contributed by atoms with van der Waals surface area (Å²) in [5.41, 5.74) is 0.731. The molecule has 0 bridgehead atoms. The second-order valence-corrected chi connectivity index (χ2v) is 5.04. The summed E-state index contributed by atoms with van der Waals surface area (Å²) in [5.74, 6) is -0.129. The minimum Gasteiger partial charge on any atom is -0.480 e. The number of aliphatic carboxylic acids is 1. The number of carbonyl (C=O) groups is 1.